The minimum Gasteiger partial charge on any atom is -0.206 e. The molecule has 0 fully saturated rings. The van der Waals surface area contributed by atoms with Gasteiger partial charge in [0.1, 0.15) is 0 Å². The predicted octanol–water partition coefficient (Wildman–Crippen LogP) is 2.32. The Hall–Kier alpha value is -1.33. The van der Waals surface area contributed by atoms with Crippen molar-refractivity contribution in [2.24, 2.45) is 4.99 Å². The Bertz CT molecular complexity index is 331. The number of aliphatic imine (C=N–C) groups is 1. The largest absolute Gasteiger partial charge is 0.206 e. The van der Waals surface area contributed by atoms with Crippen LogP contribution in [0.4, 0.5) is 5.69 Å². The van der Waals surface area contributed by atoms with Gasteiger partial charge in [0, 0.05) is 11.6 Å². The highest BCUT2D eigenvalue weighted by molar-refractivity contribution is 5.89. The minimum absolute atomic E-state index is 1.03. The molecule has 1 aromatic rings. The third-order valence-corrected chi connectivity index (χ3v) is 1.59. The number of aryl methyl sites for hydroxylation is 1. The summed E-state index contributed by atoms with van der Waals surface area (Å²) in [5.74, 6) is 2.81. The number of fused-ring (bicyclic) bond motifs is 1. The Morgan fingerprint density at radius 2 is 2.30 bits per heavy atom. The van der Waals surface area contributed by atoms with E-state index >= 15 is 0 Å². The van der Waals surface area contributed by atoms with E-state index in [0.717, 1.165) is 5.69 Å². The maximum atomic E-state index is 4.03. The summed E-state index contributed by atoms with van der Waals surface area (Å²) in [5.41, 5.74) is 3.49. The lowest BCUT2D eigenvalue weighted by molar-refractivity contribution is 1.44. The van der Waals surface area contributed by atoms with Crippen molar-refractivity contribution in [1.29, 1.82) is 0 Å². The van der Waals surface area contributed by atoms with E-state index in [1.807, 2.05) is 12.1 Å². The summed E-state index contributed by atoms with van der Waals surface area (Å²) in [6.45, 7) is 2.08. The molecule has 1 aliphatic rings. The monoisotopic (exact) mass is 129 g/mol. The summed E-state index contributed by atoms with van der Waals surface area (Å²) in [7, 11) is 0. The smallest absolute Gasteiger partial charge is 0.0808 e. The van der Waals surface area contributed by atoms with E-state index in [9.17, 15) is 0 Å². The van der Waals surface area contributed by atoms with Crippen LogP contribution >= 0.6 is 0 Å². The molecule has 1 aromatic carbocycles. The van der Waals surface area contributed by atoms with Crippen molar-refractivity contribution >= 4 is 17.6 Å². The normalized spacial score (nSPS) is 12.1. The van der Waals surface area contributed by atoms with Crippen LogP contribution in [0.1, 0.15) is 11.1 Å². The van der Waals surface area contributed by atoms with Crippen LogP contribution in [0.15, 0.2) is 23.2 Å². The van der Waals surface area contributed by atoms with Gasteiger partial charge < -0.3 is 0 Å². The summed E-state index contributed by atoms with van der Waals surface area (Å²) in [4.78, 5) is 4.03. The molecule has 1 heterocycles. The number of hydrogen-bond acceptors (Lipinski definition) is 1. The Morgan fingerprint density at radius 3 is 3.20 bits per heavy atom. The molecule has 1 heteroatoms. The molecule has 0 aliphatic carbocycles. The molecule has 0 saturated carbocycles. The third-order valence-electron chi connectivity index (χ3n) is 1.59. The van der Waals surface area contributed by atoms with E-state index in [0.29, 0.717) is 0 Å². The summed E-state index contributed by atoms with van der Waals surface area (Å²) >= 11 is 0. The van der Waals surface area contributed by atoms with Crippen LogP contribution in [0, 0.1) is 6.92 Å². The van der Waals surface area contributed by atoms with Crippen molar-refractivity contribution in [3.63, 3.8) is 0 Å². The van der Waals surface area contributed by atoms with E-state index in [2.05, 4.69) is 29.9 Å². The quantitative estimate of drug-likeness (QED) is 0.517. The van der Waals surface area contributed by atoms with Crippen molar-refractivity contribution in [1.82, 2.24) is 0 Å². The van der Waals surface area contributed by atoms with Crippen LogP contribution < -0.4 is 0 Å². The molecule has 0 radical (unpaired) electrons. The van der Waals surface area contributed by atoms with E-state index < -0.39 is 0 Å². The minimum atomic E-state index is 1.03. The van der Waals surface area contributed by atoms with Gasteiger partial charge >= 0.3 is 0 Å². The van der Waals surface area contributed by atoms with E-state index in [-0.39, 0.29) is 0 Å². The lowest BCUT2D eigenvalue weighted by Crippen LogP contribution is -1.73. The summed E-state index contributed by atoms with van der Waals surface area (Å²) in [6, 6.07) is 6.18. The van der Waals surface area contributed by atoms with Crippen LogP contribution in [0.5, 0.6) is 0 Å². The van der Waals surface area contributed by atoms with Crippen molar-refractivity contribution < 1.29 is 0 Å². The highest BCUT2D eigenvalue weighted by Crippen LogP contribution is 2.23. The molecule has 1 aliphatic heterocycles. The lowest BCUT2D eigenvalue weighted by atomic mass is 10.1. The van der Waals surface area contributed by atoms with Crippen LogP contribution in [0.3, 0.4) is 0 Å². The van der Waals surface area contributed by atoms with Gasteiger partial charge in [0.25, 0.3) is 0 Å². The van der Waals surface area contributed by atoms with Gasteiger partial charge in [0.05, 0.1) is 5.69 Å². The second-order valence-corrected chi connectivity index (χ2v) is 2.45. The Balaban J connectivity index is 2.67. The number of nitrogens with zero attached hydrogens (tertiary/aromatic N) is 1. The fraction of sp³-hybridized carbons (Fsp3) is 0.111. The SMILES string of the molecule is Cc1ccc2c(c1)C=C=N2. The average Bonchev–Trinajstić information content (AvgIpc) is 2.33. The average molecular weight is 129 g/mol. The maximum Gasteiger partial charge on any atom is 0.0808 e. The second kappa shape index (κ2) is 1.83. The zero-order chi connectivity index (χ0) is 6.97. The molecule has 2 rings (SSSR count). The molecule has 0 spiro atoms. The van der Waals surface area contributed by atoms with Crippen LogP contribution in [0.2, 0.25) is 0 Å². The lowest BCUT2D eigenvalue weighted by Gasteiger charge is -1.95. The molecular formula is C9H7N. The summed E-state index contributed by atoms with van der Waals surface area (Å²) in [6.07, 6.45) is 1.91. The molecule has 0 amide bonds. The highest BCUT2D eigenvalue weighted by Gasteiger charge is 2.00. The van der Waals surface area contributed by atoms with E-state index in [1.165, 1.54) is 11.1 Å². The van der Waals surface area contributed by atoms with Gasteiger partial charge in [-0.15, -0.1) is 0 Å². The van der Waals surface area contributed by atoms with Gasteiger partial charge in [-0.1, -0.05) is 11.6 Å². The van der Waals surface area contributed by atoms with Gasteiger partial charge in [0.15, 0.2) is 0 Å². The van der Waals surface area contributed by atoms with Gasteiger partial charge in [-0.25, -0.2) is 4.99 Å². The first-order chi connectivity index (χ1) is 4.86. The first-order valence-corrected chi connectivity index (χ1v) is 3.26. The zero-order valence-electron chi connectivity index (χ0n) is 5.76. The van der Waals surface area contributed by atoms with Crippen molar-refractivity contribution in [3.05, 3.63) is 29.3 Å². The fourth-order valence-electron chi connectivity index (χ4n) is 1.06. The highest BCUT2D eigenvalue weighted by atomic mass is 14.7. The Kier molecular flexibility index (Phi) is 0.996. The van der Waals surface area contributed by atoms with Gasteiger partial charge in [0.2, 0.25) is 0 Å². The van der Waals surface area contributed by atoms with Gasteiger partial charge in [-0.3, -0.25) is 0 Å². The molecular weight excluding hydrogens is 122 g/mol. The first-order valence-electron chi connectivity index (χ1n) is 3.26. The molecule has 0 bridgehead atoms. The second-order valence-electron chi connectivity index (χ2n) is 2.45. The topological polar surface area (TPSA) is 12.4 Å². The molecule has 0 atom stereocenters. The van der Waals surface area contributed by atoms with Crippen molar-refractivity contribution in [2.45, 2.75) is 6.92 Å². The van der Waals surface area contributed by atoms with Crippen LogP contribution in [-0.2, 0) is 0 Å². The molecule has 0 aromatic heterocycles. The van der Waals surface area contributed by atoms with Crippen LogP contribution in [-0.4, -0.2) is 5.87 Å². The van der Waals surface area contributed by atoms with Crippen LogP contribution in [0.25, 0.3) is 6.08 Å². The molecule has 48 valence electrons. The third kappa shape index (κ3) is 0.687. The van der Waals surface area contributed by atoms with E-state index in [1.54, 1.807) is 0 Å². The zero-order valence-corrected chi connectivity index (χ0v) is 5.76. The van der Waals surface area contributed by atoms with E-state index in [4.69, 9.17) is 0 Å². The molecule has 10 heavy (non-hydrogen) atoms. The molecule has 0 saturated heterocycles. The van der Waals surface area contributed by atoms with Crippen molar-refractivity contribution in [2.75, 3.05) is 0 Å². The van der Waals surface area contributed by atoms with Gasteiger partial charge in [-0.2, -0.15) is 0 Å². The number of benzene rings is 1. The predicted molar refractivity (Wildman–Crippen MR) is 42.7 cm³/mol. The fourth-order valence-corrected chi connectivity index (χ4v) is 1.06. The standard InChI is InChI=1S/C9H7N/c1-7-2-3-9-8(6-7)4-5-10-9/h2-4,6H,1H3. The Labute approximate surface area is 59.7 Å². The van der Waals surface area contributed by atoms with Crippen molar-refractivity contribution in [3.8, 4) is 0 Å². The molecule has 0 N–H and O–H groups in total. The van der Waals surface area contributed by atoms with Gasteiger partial charge in [-0.05, 0) is 24.9 Å². The molecule has 1 nitrogen and oxygen atoms in total. The maximum absolute atomic E-state index is 4.03. The summed E-state index contributed by atoms with van der Waals surface area (Å²) < 4.78 is 0. The Morgan fingerprint density at radius 1 is 1.40 bits per heavy atom. The molecule has 0 unspecified atom stereocenters. The number of rotatable bonds is 0. The number of hydrogen-bond donors (Lipinski definition) is 0. The first kappa shape index (κ1) is 5.45. The summed E-state index contributed by atoms with van der Waals surface area (Å²) in [5, 5.41) is 0.